The van der Waals surface area contributed by atoms with Crippen molar-refractivity contribution in [1.29, 1.82) is 0 Å². The van der Waals surface area contributed by atoms with Gasteiger partial charge in [0.05, 0.1) is 0 Å². The minimum atomic E-state index is 0.613. The second-order valence-corrected chi connectivity index (χ2v) is 1.97. The van der Waals surface area contributed by atoms with E-state index in [0.717, 1.165) is 5.56 Å². The van der Waals surface area contributed by atoms with Crippen LogP contribution >= 0.6 is 0 Å². The van der Waals surface area contributed by atoms with Crippen molar-refractivity contribution in [2.45, 2.75) is 6.92 Å². The van der Waals surface area contributed by atoms with E-state index in [0.29, 0.717) is 5.56 Å². The average molecular weight is 135 g/mol. The van der Waals surface area contributed by atoms with Gasteiger partial charge >= 0.3 is 0 Å². The molecule has 0 saturated carbocycles. The van der Waals surface area contributed by atoms with Crippen molar-refractivity contribution >= 4 is 0 Å². The molecular weight excluding hydrogens is 129 g/mol. The van der Waals surface area contributed by atoms with Gasteiger partial charge in [0.25, 0.3) is 0 Å². The zero-order valence-corrected chi connectivity index (χ0v) is 5.56. The Balaban J connectivity index is 3.03. The molecule has 0 radical (unpaired) electrons. The van der Waals surface area contributed by atoms with Gasteiger partial charge in [0.1, 0.15) is 6.17 Å². The third kappa shape index (κ3) is 1.56. The van der Waals surface area contributed by atoms with Gasteiger partial charge in [-0.2, -0.15) is 0 Å². The van der Waals surface area contributed by atoms with E-state index in [4.69, 9.17) is 0 Å². The van der Waals surface area contributed by atoms with Gasteiger partial charge in [0, 0.05) is 18.0 Å². The number of rotatable bonds is 0. The molecule has 1 nitrogen and oxygen atoms in total. The summed E-state index contributed by atoms with van der Waals surface area (Å²) in [6, 6.07) is 1.78. The fourth-order valence-electron chi connectivity index (χ4n) is 0.678. The molecule has 0 bridgehead atoms. The van der Waals surface area contributed by atoms with Gasteiger partial charge in [0.2, 0.25) is 0 Å². The first kappa shape index (κ1) is 6.76. The van der Waals surface area contributed by atoms with Crippen LogP contribution in [-0.4, -0.2) is 4.98 Å². The lowest BCUT2D eigenvalue weighted by Gasteiger charge is -1.89. The van der Waals surface area contributed by atoms with E-state index in [1.165, 1.54) is 12.4 Å². The molecule has 0 saturated heterocycles. The summed E-state index contributed by atoms with van der Waals surface area (Å²) in [7, 11) is 0. The fourth-order valence-corrected chi connectivity index (χ4v) is 0.678. The molecule has 50 valence electrons. The number of halogens is 1. The van der Waals surface area contributed by atoms with Crippen molar-refractivity contribution in [2.24, 2.45) is 0 Å². The maximum absolute atomic E-state index is 11.4. The van der Waals surface area contributed by atoms with E-state index in [2.05, 4.69) is 10.9 Å². The van der Waals surface area contributed by atoms with Gasteiger partial charge in [-0.15, -0.1) is 4.39 Å². The number of hydrogen-bond acceptors (Lipinski definition) is 1. The van der Waals surface area contributed by atoms with Crippen molar-refractivity contribution in [3.05, 3.63) is 29.6 Å². The van der Waals surface area contributed by atoms with Crippen LogP contribution in [0.5, 0.6) is 0 Å². The number of nitrogens with zero attached hydrogens (tertiary/aromatic N) is 1. The normalized spacial score (nSPS) is 8.20. The van der Waals surface area contributed by atoms with Crippen LogP contribution < -0.4 is 0 Å². The maximum atomic E-state index is 11.4. The van der Waals surface area contributed by atoms with Crippen LogP contribution in [0, 0.1) is 19.0 Å². The quantitative estimate of drug-likeness (QED) is 0.493. The lowest BCUT2D eigenvalue weighted by Crippen LogP contribution is -1.79. The molecule has 0 fully saturated rings. The Morgan fingerprint density at radius 3 is 2.90 bits per heavy atom. The first-order valence-electron chi connectivity index (χ1n) is 2.86. The number of hydrogen-bond donors (Lipinski definition) is 0. The van der Waals surface area contributed by atoms with Crippen LogP contribution in [0.3, 0.4) is 0 Å². The molecule has 1 aromatic heterocycles. The highest BCUT2D eigenvalue weighted by Crippen LogP contribution is 1.98. The molecule has 0 aromatic carbocycles. The first-order valence-corrected chi connectivity index (χ1v) is 2.86. The molecular formula is C8H6FN. The predicted octanol–water partition coefficient (Wildman–Crippen LogP) is 1.67. The van der Waals surface area contributed by atoms with Crippen molar-refractivity contribution in [3.63, 3.8) is 0 Å². The Hall–Kier alpha value is -1.36. The second-order valence-electron chi connectivity index (χ2n) is 1.97. The zero-order valence-electron chi connectivity index (χ0n) is 5.56. The molecule has 0 aliphatic rings. The van der Waals surface area contributed by atoms with Crippen LogP contribution in [0.25, 0.3) is 0 Å². The van der Waals surface area contributed by atoms with Gasteiger partial charge in [-0.25, -0.2) is 0 Å². The van der Waals surface area contributed by atoms with Gasteiger partial charge in [-0.3, -0.25) is 4.98 Å². The standard InChI is InChI=1S/C8H6FN/c1-7-4-8(2-3-9)6-10-5-7/h4-6H,1H3. The van der Waals surface area contributed by atoms with Crippen LogP contribution in [0.1, 0.15) is 11.1 Å². The average Bonchev–Trinajstić information content (AvgIpc) is 1.88. The summed E-state index contributed by atoms with van der Waals surface area (Å²) in [4.78, 5) is 3.83. The molecule has 0 N–H and O–H groups in total. The van der Waals surface area contributed by atoms with Gasteiger partial charge in [-0.1, -0.05) is 0 Å². The molecule has 1 aromatic rings. The summed E-state index contributed by atoms with van der Waals surface area (Å²) in [5.41, 5.74) is 1.60. The predicted molar refractivity (Wildman–Crippen MR) is 37.0 cm³/mol. The highest BCUT2D eigenvalue weighted by molar-refractivity contribution is 5.32. The third-order valence-corrected chi connectivity index (χ3v) is 1.07. The summed E-state index contributed by atoms with van der Waals surface area (Å²) < 4.78 is 11.4. The van der Waals surface area contributed by atoms with E-state index in [9.17, 15) is 4.39 Å². The Morgan fingerprint density at radius 1 is 1.50 bits per heavy atom. The van der Waals surface area contributed by atoms with Crippen molar-refractivity contribution in [1.82, 2.24) is 4.98 Å². The SMILES string of the molecule is Cc1cncc(C#CF)c1. The molecule has 10 heavy (non-hydrogen) atoms. The largest absolute Gasteiger partial charge is 0.263 e. The molecule has 1 rings (SSSR count). The minimum absolute atomic E-state index is 0.613. The Kier molecular flexibility index (Phi) is 2.01. The Labute approximate surface area is 58.9 Å². The first-order chi connectivity index (χ1) is 4.83. The summed E-state index contributed by atoms with van der Waals surface area (Å²) in [6.45, 7) is 1.89. The maximum Gasteiger partial charge on any atom is 0.111 e. The van der Waals surface area contributed by atoms with Gasteiger partial charge in [-0.05, 0) is 24.5 Å². The van der Waals surface area contributed by atoms with Crippen molar-refractivity contribution < 1.29 is 4.39 Å². The molecule has 0 spiro atoms. The Morgan fingerprint density at radius 2 is 2.30 bits per heavy atom. The van der Waals surface area contributed by atoms with Crippen LogP contribution in [0.2, 0.25) is 0 Å². The van der Waals surface area contributed by atoms with E-state index < -0.39 is 0 Å². The molecule has 2 heteroatoms. The molecule has 0 amide bonds. The summed E-state index contributed by atoms with van der Waals surface area (Å²) in [6.07, 6.45) is 4.55. The number of pyridine rings is 1. The fraction of sp³-hybridized carbons (Fsp3) is 0.125. The molecule has 0 atom stereocenters. The minimum Gasteiger partial charge on any atom is -0.263 e. The van der Waals surface area contributed by atoms with E-state index in [-0.39, 0.29) is 0 Å². The molecule has 0 aliphatic carbocycles. The lowest BCUT2D eigenvalue weighted by atomic mass is 10.2. The van der Waals surface area contributed by atoms with Crippen molar-refractivity contribution in [2.75, 3.05) is 0 Å². The molecule has 0 aliphatic heterocycles. The Bertz CT molecular complexity index is 283. The number of aryl methyl sites for hydroxylation is 1. The smallest absolute Gasteiger partial charge is 0.111 e. The van der Waals surface area contributed by atoms with E-state index in [1.54, 1.807) is 12.3 Å². The highest BCUT2D eigenvalue weighted by Gasteiger charge is 1.86. The van der Waals surface area contributed by atoms with Gasteiger partial charge < -0.3 is 0 Å². The third-order valence-electron chi connectivity index (χ3n) is 1.07. The summed E-state index contributed by atoms with van der Waals surface area (Å²) >= 11 is 0. The summed E-state index contributed by atoms with van der Waals surface area (Å²) in [5, 5.41) is 0. The highest BCUT2D eigenvalue weighted by atomic mass is 19.1. The van der Waals surface area contributed by atoms with Crippen molar-refractivity contribution in [3.8, 4) is 12.1 Å². The van der Waals surface area contributed by atoms with Gasteiger partial charge in [0.15, 0.2) is 0 Å². The molecule has 1 heterocycles. The van der Waals surface area contributed by atoms with E-state index in [1.807, 2.05) is 6.92 Å². The number of aromatic nitrogens is 1. The zero-order chi connectivity index (χ0) is 7.40. The van der Waals surface area contributed by atoms with E-state index >= 15 is 0 Å². The monoisotopic (exact) mass is 135 g/mol. The lowest BCUT2D eigenvalue weighted by molar-refractivity contribution is 0.773. The second kappa shape index (κ2) is 2.98. The molecule has 0 unspecified atom stereocenters. The van der Waals surface area contributed by atoms with Crippen LogP contribution in [-0.2, 0) is 0 Å². The topological polar surface area (TPSA) is 12.9 Å². The van der Waals surface area contributed by atoms with Crippen LogP contribution in [0.15, 0.2) is 18.5 Å². The van der Waals surface area contributed by atoms with Crippen LogP contribution in [0.4, 0.5) is 4.39 Å². The summed E-state index contributed by atoms with van der Waals surface area (Å²) in [5.74, 6) is 2.27.